The average molecular weight is 723 g/mol. The summed E-state index contributed by atoms with van der Waals surface area (Å²) in [5.74, 6) is 1.56. The first-order valence-corrected chi connectivity index (χ1v) is 18.6. The molecular weight excluding hydrogens is 654 g/mol. The Hall–Kier alpha value is -4.56. The van der Waals surface area contributed by atoms with Gasteiger partial charge in [-0.3, -0.25) is 20.3 Å². The summed E-state index contributed by atoms with van der Waals surface area (Å²) in [6.07, 6.45) is 6.76. The van der Waals surface area contributed by atoms with Crippen molar-refractivity contribution < 1.29 is 24.4 Å². The van der Waals surface area contributed by atoms with E-state index >= 15 is 0 Å². The van der Waals surface area contributed by atoms with Gasteiger partial charge in [0.05, 0.1) is 36.6 Å². The van der Waals surface area contributed by atoms with Crippen molar-refractivity contribution in [1.29, 1.82) is 5.26 Å². The van der Waals surface area contributed by atoms with Crippen LogP contribution in [-0.2, 0) is 10.2 Å². The van der Waals surface area contributed by atoms with Gasteiger partial charge < -0.3 is 30.7 Å². The molecule has 11 nitrogen and oxygen atoms in total. The van der Waals surface area contributed by atoms with Crippen molar-refractivity contribution in [3.05, 3.63) is 77.7 Å². The molecule has 2 amide bonds. The van der Waals surface area contributed by atoms with Crippen LogP contribution in [0.25, 0.3) is 0 Å². The van der Waals surface area contributed by atoms with Gasteiger partial charge in [0.1, 0.15) is 23.4 Å². The van der Waals surface area contributed by atoms with Crippen LogP contribution in [0, 0.1) is 11.3 Å². The molecular formula is C41H68N7O4+. The van der Waals surface area contributed by atoms with Gasteiger partial charge in [-0.2, -0.15) is 5.26 Å². The molecule has 2 saturated heterocycles. The summed E-state index contributed by atoms with van der Waals surface area (Å²) in [5, 5.41) is 28.7. The first-order chi connectivity index (χ1) is 24.7. The first-order valence-electron chi connectivity index (χ1n) is 18.6. The summed E-state index contributed by atoms with van der Waals surface area (Å²) >= 11 is 0. The van der Waals surface area contributed by atoms with E-state index in [2.05, 4.69) is 61.8 Å². The second kappa shape index (κ2) is 23.1. The minimum absolute atomic E-state index is 0.0527. The topological polar surface area (TPSA) is 167 Å². The number of rotatable bonds is 7. The molecule has 3 unspecified atom stereocenters. The van der Waals surface area contributed by atoms with Crippen LogP contribution in [0.3, 0.4) is 0 Å². The van der Waals surface area contributed by atoms with Crippen molar-refractivity contribution in [3.8, 4) is 11.8 Å². The van der Waals surface area contributed by atoms with Gasteiger partial charge in [0, 0.05) is 36.7 Å². The van der Waals surface area contributed by atoms with Crippen molar-refractivity contribution in [2.75, 3.05) is 26.7 Å². The number of aliphatic hydroxyl groups excluding tert-OH is 1. The normalized spacial score (nSPS) is 22.6. The summed E-state index contributed by atoms with van der Waals surface area (Å²) in [7, 11) is 1.53. The molecule has 1 aromatic carbocycles. The molecule has 290 valence electrons. The molecule has 0 radical (unpaired) electrons. The quantitative estimate of drug-likeness (QED) is 0.0795. The van der Waals surface area contributed by atoms with Crippen molar-refractivity contribution in [2.24, 2.45) is 5.73 Å². The van der Waals surface area contributed by atoms with Crippen LogP contribution in [0.2, 0.25) is 0 Å². The second-order valence-electron chi connectivity index (χ2n) is 12.9. The highest BCUT2D eigenvalue weighted by Crippen LogP contribution is 2.41. The lowest BCUT2D eigenvalue weighted by Gasteiger charge is -2.46. The second-order valence-corrected chi connectivity index (χ2v) is 12.9. The summed E-state index contributed by atoms with van der Waals surface area (Å²) in [6, 6.07) is 7.06. The SMILES string of the molecule is C=C(/C=C\C(C#N)=C/C)C(=O)NC.C=C1NC[C@H]([NH+]=C(N)CC)C2(C)C(O)C(NC(=O)c3cccc4c3OCCC4(C)C)CN12.CC.CC.CCC. The lowest BCUT2D eigenvalue weighted by atomic mass is 9.79. The number of amidine groups is 1. The molecule has 3 aliphatic rings. The van der Waals surface area contributed by atoms with E-state index in [1.165, 1.54) is 19.5 Å². The predicted octanol–water partition coefficient (Wildman–Crippen LogP) is 4.35. The van der Waals surface area contributed by atoms with Crippen LogP contribution in [0.4, 0.5) is 0 Å². The molecule has 4 rings (SSSR count). The lowest BCUT2D eigenvalue weighted by molar-refractivity contribution is -0.525. The number of benzene rings is 1. The van der Waals surface area contributed by atoms with Crippen molar-refractivity contribution >= 4 is 17.6 Å². The largest absolute Gasteiger partial charge is 0.492 e. The number of fused-ring (bicyclic) bond motifs is 2. The molecule has 0 aliphatic carbocycles. The number of nitrogens with one attached hydrogen (secondary N) is 4. The van der Waals surface area contributed by atoms with Gasteiger partial charge in [-0.15, -0.1) is 0 Å². The predicted molar refractivity (Wildman–Crippen MR) is 214 cm³/mol. The Kier molecular flexibility index (Phi) is 21.1. The Morgan fingerprint density at radius 2 is 1.81 bits per heavy atom. The molecule has 3 aliphatic heterocycles. The van der Waals surface area contributed by atoms with Crippen molar-refractivity contribution in [2.45, 2.75) is 125 Å². The Morgan fingerprint density at radius 3 is 2.35 bits per heavy atom. The molecule has 0 bridgehead atoms. The fourth-order valence-electron chi connectivity index (χ4n) is 5.84. The molecule has 7 N–H and O–H groups in total. The highest BCUT2D eigenvalue weighted by Gasteiger charge is 2.58. The molecule has 0 spiro atoms. The summed E-state index contributed by atoms with van der Waals surface area (Å²) in [6.45, 7) is 31.6. The van der Waals surface area contributed by atoms with Crippen molar-refractivity contribution in [3.63, 3.8) is 0 Å². The number of carbonyl (C=O) groups excluding carboxylic acids is 2. The smallest absolute Gasteiger partial charge is 0.255 e. The molecule has 0 aromatic heterocycles. The number of allylic oxidation sites excluding steroid dienone is 3. The molecule has 0 saturated carbocycles. The van der Waals surface area contributed by atoms with Crippen LogP contribution in [0.15, 0.2) is 66.6 Å². The molecule has 1 aromatic rings. The number of nitriles is 1. The molecule has 2 fully saturated rings. The summed E-state index contributed by atoms with van der Waals surface area (Å²) in [5.41, 5.74) is 7.73. The Bertz CT molecular complexity index is 1470. The van der Waals surface area contributed by atoms with E-state index in [9.17, 15) is 14.7 Å². The Balaban J connectivity index is 0.00000109. The number of ether oxygens (including phenoxy) is 1. The van der Waals surface area contributed by atoms with E-state index in [1.807, 2.05) is 64.6 Å². The van der Waals surface area contributed by atoms with Gasteiger partial charge in [-0.25, -0.2) is 0 Å². The fourth-order valence-corrected chi connectivity index (χ4v) is 5.84. The van der Waals surface area contributed by atoms with Gasteiger partial charge in [-0.05, 0) is 43.9 Å². The Morgan fingerprint density at radius 1 is 1.19 bits per heavy atom. The number of aliphatic hydroxyl groups is 1. The molecule has 4 atom stereocenters. The highest BCUT2D eigenvalue weighted by atomic mass is 16.5. The number of amides is 2. The van der Waals surface area contributed by atoms with E-state index < -0.39 is 17.7 Å². The minimum atomic E-state index is -0.815. The van der Waals surface area contributed by atoms with E-state index in [4.69, 9.17) is 15.7 Å². The zero-order valence-corrected chi connectivity index (χ0v) is 34.0. The maximum Gasteiger partial charge on any atom is 0.255 e. The van der Waals surface area contributed by atoms with Crippen LogP contribution in [-0.4, -0.2) is 78.1 Å². The van der Waals surface area contributed by atoms with Gasteiger partial charge in [0.2, 0.25) is 11.7 Å². The maximum atomic E-state index is 13.3. The van der Waals surface area contributed by atoms with Gasteiger partial charge >= 0.3 is 0 Å². The molecule has 11 heteroatoms. The minimum Gasteiger partial charge on any atom is -0.492 e. The Labute approximate surface area is 314 Å². The number of hydrogen-bond acceptors (Lipinski definition) is 7. The third-order valence-electron chi connectivity index (χ3n) is 8.92. The average Bonchev–Trinajstić information content (AvgIpc) is 3.41. The lowest BCUT2D eigenvalue weighted by Crippen LogP contribution is -2.92. The number of hydrogen-bond donors (Lipinski definition) is 6. The number of para-hydroxylation sites is 1. The standard InChI is InChI=1S/C24H35N5O3.C10H12N2O.C3H8.2C2H6/c1-6-19(25)28-18-12-26-14(2)29-13-17(21(30)24(18,29)5)27-22(31)15-8-7-9-16-20(15)32-11-10-23(16,3)4;1-4-9(7-11)6-5-8(2)10(13)12-3;1-3-2;2*1-2/h7-9,17-18,21,26,30H,2,6,10-13H2,1,3-5H3,(H2,25,28)(H,27,31);4-6H,2H2,1,3H3,(H,12,13);3H2,1-2H3;2*1-2H3/p+1/b;6-5-,9-4+;;;/t17?,18-,21?,24?;;;;/m0..../s1. The van der Waals surface area contributed by atoms with Gasteiger partial charge in [-0.1, -0.05) is 100 Å². The first kappa shape index (κ1) is 47.4. The van der Waals surface area contributed by atoms with Crippen LogP contribution >= 0.6 is 0 Å². The fraction of sp³-hybridized carbons (Fsp3) is 0.561. The monoisotopic (exact) mass is 723 g/mol. The van der Waals surface area contributed by atoms with E-state index in [0.29, 0.717) is 54.4 Å². The van der Waals surface area contributed by atoms with E-state index in [0.717, 1.165) is 17.8 Å². The van der Waals surface area contributed by atoms with Crippen LogP contribution in [0.5, 0.6) is 5.75 Å². The van der Waals surface area contributed by atoms with E-state index in [-0.39, 0.29) is 23.3 Å². The molecule has 3 heterocycles. The third kappa shape index (κ3) is 12.0. The summed E-state index contributed by atoms with van der Waals surface area (Å²) < 4.78 is 5.92. The van der Waals surface area contributed by atoms with Crippen LogP contribution < -0.4 is 31.4 Å². The van der Waals surface area contributed by atoms with Crippen LogP contribution in [0.1, 0.15) is 111 Å². The number of carbonyl (C=O) groups is 2. The highest BCUT2D eigenvalue weighted by molar-refractivity contribution is 5.98. The molecule has 52 heavy (non-hydrogen) atoms. The summed E-state index contributed by atoms with van der Waals surface area (Å²) in [4.78, 5) is 29.6. The van der Waals surface area contributed by atoms with Gasteiger partial charge in [0.15, 0.2) is 0 Å². The van der Waals surface area contributed by atoms with E-state index in [1.54, 1.807) is 25.1 Å². The van der Waals surface area contributed by atoms with Gasteiger partial charge in [0.25, 0.3) is 5.91 Å². The zero-order chi connectivity index (χ0) is 40.2. The number of nitrogens with two attached hydrogens (primary N) is 1. The third-order valence-corrected chi connectivity index (χ3v) is 8.92. The number of nitrogens with zero attached hydrogens (tertiary/aromatic N) is 2. The number of likely N-dealkylation sites (N-methyl/N-ethyl adjacent to an activating group) is 1. The zero-order valence-electron chi connectivity index (χ0n) is 34.0. The maximum absolute atomic E-state index is 13.3. The van der Waals surface area contributed by atoms with Crippen molar-refractivity contribution in [1.82, 2.24) is 20.9 Å².